The van der Waals surface area contributed by atoms with Crippen LogP contribution in [-0.4, -0.2) is 38.8 Å². The Kier molecular flexibility index (Phi) is 8.18. The van der Waals surface area contributed by atoms with Crippen LogP contribution in [0, 0.1) is 0 Å². The lowest BCUT2D eigenvalue weighted by atomic mass is 9.59. The van der Waals surface area contributed by atoms with Gasteiger partial charge in [0.1, 0.15) is 24.5 Å². The second-order valence-corrected chi connectivity index (χ2v) is 21.4. The van der Waals surface area contributed by atoms with Crippen LogP contribution in [0.2, 0.25) is 0 Å². The number of anilines is 4. The molecule has 5 aromatic carbocycles. The number of fused-ring (bicyclic) bond motifs is 9. The van der Waals surface area contributed by atoms with E-state index in [1.165, 1.54) is 72.7 Å². The fraction of sp³-hybridized carbons (Fsp3) is 0.404. The van der Waals surface area contributed by atoms with Crippen LogP contribution in [0.3, 0.4) is 0 Å². The van der Waals surface area contributed by atoms with Crippen molar-refractivity contribution in [1.82, 2.24) is 5.01 Å². The Hall–Kier alpha value is -5.23. The van der Waals surface area contributed by atoms with Gasteiger partial charge >= 0.3 is 0 Å². The number of hydrogen-bond donors (Lipinski definition) is 0. The molecule has 6 nitrogen and oxygen atoms in total. The summed E-state index contributed by atoms with van der Waals surface area (Å²) in [5.41, 5.74) is 17.8. The van der Waals surface area contributed by atoms with Crippen molar-refractivity contribution >= 4 is 29.1 Å². The Morgan fingerprint density at radius 1 is 0.569 bits per heavy atom. The van der Waals surface area contributed by atoms with Crippen LogP contribution in [0.4, 0.5) is 22.7 Å². The van der Waals surface area contributed by atoms with Gasteiger partial charge in [-0.2, -0.15) is 5.10 Å². The van der Waals surface area contributed by atoms with Crippen LogP contribution in [0.5, 0.6) is 11.5 Å². The predicted octanol–water partition coefficient (Wildman–Crippen LogP) is 12.5. The standard InChI is InChI=1S/C52H61N5O/c1-48(2,3)32-23-37-38-24-33(49(4,5)6)26-42(51(10,11)12)46(38)52(45(37)41(25-32)50(7,8)9)39-22-21-36(58-35-18-15-17-34(27-35)56-29-53-55(14)31-56)28-44(39)57-30-54(13)43-20-16-19-40(52)47(43)57/h15-29H,30-31H2,1-14H3. The van der Waals surface area contributed by atoms with Gasteiger partial charge in [0.15, 0.2) is 0 Å². The fourth-order valence-corrected chi connectivity index (χ4v) is 9.93. The highest BCUT2D eigenvalue weighted by Crippen LogP contribution is 2.68. The lowest BCUT2D eigenvalue weighted by Gasteiger charge is -2.46. The summed E-state index contributed by atoms with van der Waals surface area (Å²) >= 11 is 0. The Labute approximate surface area is 347 Å². The monoisotopic (exact) mass is 771 g/mol. The molecule has 5 aromatic rings. The largest absolute Gasteiger partial charge is 0.457 e. The van der Waals surface area contributed by atoms with Gasteiger partial charge in [0.2, 0.25) is 0 Å². The van der Waals surface area contributed by atoms with Gasteiger partial charge in [-0.3, -0.25) is 5.01 Å². The Morgan fingerprint density at radius 3 is 1.71 bits per heavy atom. The van der Waals surface area contributed by atoms with Crippen molar-refractivity contribution in [2.24, 2.45) is 5.10 Å². The van der Waals surface area contributed by atoms with Gasteiger partial charge < -0.3 is 19.4 Å². The van der Waals surface area contributed by atoms with E-state index in [0.717, 1.165) is 23.9 Å². The van der Waals surface area contributed by atoms with Crippen molar-refractivity contribution in [2.75, 3.05) is 42.1 Å². The van der Waals surface area contributed by atoms with E-state index in [1.807, 2.05) is 24.5 Å². The quantitative estimate of drug-likeness (QED) is 0.179. The Balaban J connectivity index is 1.39. The normalized spacial score (nSPS) is 16.6. The molecule has 0 unspecified atom stereocenters. The zero-order chi connectivity index (χ0) is 41.5. The molecule has 0 aromatic heterocycles. The number of benzene rings is 5. The maximum absolute atomic E-state index is 6.82. The van der Waals surface area contributed by atoms with Crippen molar-refractivity contribution in [3.63, 3.8) is 0 Å². The lowest BCUT2D eigenvalue weighted by Crippen LogP contribution is -2.40. The van der Waals surface area contributed by atoms with Crippen LogP contribution < -0.4 is 19.4 Å². The molecule has 4 aliphatic rings. The first-order chi connectivity index (χ1) is 27.1. The molecule has 1 aliphatic carbocycles. The van der Waals surface area contributed by atoms with E-state index in [2.05, 4.69) is 189 Å². The van der Waals surface area contributed by atoms with Gasteiger partial charge in [0.05, 0.1) is 29.1 Å². The molecule has 0 radical (unpaired) electrons. The molecule has 0 bridgehead atoms. The van der Waals surface area contributed by atoms with E-state index in [0.29, 0.717) is 6.67 Å². The Morgan fingerprint density at radius 2 is 1.16 bits per heavy atom. The fourth-order valence-electron chi connectivity index (χ4n) is 9.93. The topological polar surface area (TPSA) is 34.6 Å². The van der Waals surface area contributed by atoms with Crippen LogP contribution in [0.1, 0.15) is 128 Å². The number of ether oxygens (including phenoxy) is 1. The summed E-state index contributed by atoms with van der Waals surface area (Å²) in [5, 5.41) is 6.36. The number of nitrogens with zero attached hydrogens (tertiary/aromatic N) is 5. The molecular formula is C52H61N5O. The zero-order valence-electron chi connectivity index (χ0n) is 37.2. The van der Waals surface area contributed by atoms with E-state index in [-0.39, 0.29) is 21.7 Å². The third-order valence-corrected chi connectivity index (χ3v) is 12.9. The molecular weight excluding hydrogens is 711 g/mol. The lowest BCUT2D eigenvalue weighted by molar-refractivity contribution is 0.393. The highest BCUT2D eigenvalue weighted by molar-refractivity contribution is 6.00. The van der Waals surface area contributed by atoms with E-state index in [1.54, 1.807) is 0 Å². The molecule has 0 saturated heterocycles. The first kappa shape index (κ1) is 38.3. The third kappa shape index (κ3) is 5.68. The first-order valence-electron chi connectivity index (χ1n) is 21.0. The van der Waals surface area contributed by atoms with Crippen molar-refractivity contribution in [2.45, 2.75) is 110 Å². The van der Waals surface area contributed by atoms with Gasteiger partial charge in [-0.25, -0.2) is 0 Å². The van der Waals surface area contributed by atoms with Crippen molar-refractivity contribution in [3.8, 4) is 22.6 Å². The van der Waals surface area contributed by atoms with Gasteiger partial charge in [0.25, 0.3) is 0 Å². The van der Waals surface area contributed by atoms with E-state index in [4.69, 9.17) is 4.74 Å². The van der Waals surface area contributed by atoms with E-state index < -0.39 is 5.41 Å². The average Bonchev–Trinajstić information content (AvgIpc) is 3.81. The molecule has 0 N–H and O–H groups in total. The highest BCUT2D eigenvalue weighted by Gasteiger charge is 2.57. The predicted molar refractivity (Wildman–Crippen MR) is 244 cm³/mol. The highest BCUT2D eigenvalue weighted by atomic mass is 16.5. The van der Waals surface area contributed by atoms with E-state index in [9.17, 15) is 0 Å². The van der Waals surface area contributed by atoms with E-state index >= 15 is 0 Å². The molecule has 3 heterocycles. The van der Waals surface area contributed by atoms with Gasteiger partial charge in [-0.05, 0) is 102 Å². The summed E-state index contributed by atoms with van der Waals surface area (Å²) in [5.74, 6) is 1.63. The Bertz CT molecular complexity index is 2450. The minimum atomic E-state index is -0.579. The summed E-state index contributed by atoms with van der Waals surface area (Å²) in [4.78, 5) is 7.08. The zero-order valence-corrected chi connectivity index (χ0v) is 37.2. The summed E-state index contributed by atoms with van der Waals surface area (Å²) in [6.07, 6.45) is 1.88. The molecule has 9 rings (SSSR count). The summed E-state index contributed by atoms with van der Waals surface area (Å²) < 4.78 is 6.82. The molecule has 58 heavy (non-hydrogen) atoms. The second kappa shape index (κ2) is 12.4. The van der Waals surface area contributed by atoms with Crippen molar-refractivity contribution < 1.29 is 4.74 Å². The molecule has 3 aliphatic heterocycles. The smallest absolute Gasteiger partial charge is 0.129 e. The van der Waals surface area contributed by atoms with Gasteiger partial charge in [-0.15, -0.1) is 0 Å². The molecule has 1 spiro atoms. The number of rotatable bonds is 3. The van der Waals surface area contributed by atoms with Crippen molar-refractivity contribution in [3.05, 3.63) is 129 Å². The molecule has 6 heteroatoms. The third-order valence-electron chi connectivity index (χ3n) is 12.9. The molecule has 0 saturated carbocycles. The molecule has 0 atom stereocenters. The van der Waals surface area contributed by atoms with Crippen LogP contribution in [0.25, 0.3) is 11.1 Å². The number of para-hydroxylation sites is 1. The minimum Gasteiger partial charge on any atom is -0.457 e. The van der Waals surface area contributed by atoms with Crippen LogP contribution >= 0.6 is 0 Å². The number of hydrazone groups is 1. The van der Waals surface area contributed by atoms with Crippen LogP contribution in [-0.2, 0) is 27.1 Å². The number of hydrogen-bond acceptors (Lipinski definition) is 6. The SMILES string of the molecule is CN1CN(c2cccc(Oc3ccc4c(c3)N3CN(C)c5cccc(c53)C43c4c(cc(C(C)(C)C)cc4C(C)(C)C)-c4cc(C(C)(C)C)cc(C(C)(C)C)c43)c2)C=N1. The second-order valence-electron chi connectivity index (χ2n) is 21.4. The minimum absolute atomic E-state index is 0.0293. The summed E-state index contributed by atoms with van der Waals surface area (Å²) in [6, 6.07) is 32.5. The molecule has 0 fully saturated rings. The maximum atomic E-state index is 6.82. The van der Waals surface area contributed by atoms with Crippen molar-refractivity contribution in [1.29, 1.82) is 0 Å². The average molecular weight is 772 g/mol. The molecule has 300 valence electrons. The van der Waals surface area contributed by atoms with Gasteiger partial charge in [0, 0.05) is 31.9 Å². The summed E-state index contributed by atoms with van der Waals surface area (Å²) in [6.45, 7) is 30.1. The summed E-state index contributed by atoms with van der Waals surface area (Å²) in [7, 11) is 4.22. The molecule has 0 amide bonds. The van der Waals surface area contributed by atoms with Gasteiger partial charge in [-0.1, -0.05) is 132 Å². The van der Waals surface area contributed by atoms with Crippen LogP contribution in [0.15, 0.2) is 90.0 Å². The first-order valence-corrected chi connectivity index (χ1v) is 21.0. The maximum Gasteiger partial charge on any atom is 0.129 e.